The summed E-state index contributed by atoms with van der Waals surface area (Å²) in [6, 6.07) is 14.6. The molecule has 1 N–H and O–H groups in total. The fourth-order valence-corrected chi connectivity index (χ4v) is 3.74. The highest BCUT2D eigenvalue weighted by Crippen LogP contribution is 2.26. The van der Waals surface area contributed by atoms with Gasteiger partial charge in [-0.15, -0.1) is 0 Å². The van der Waals surface area contributed by atoms with Crippen LogP contribution < -0.4 is 5.32 Å². The number of anilines is 1. The summed E-state index contributed by atoms with van der Waals surface area (Å²) in [7, 11) is 0. The van der Waals surface area contributed by atoms with Gasteiger partial charge in [-0.2, -0.15) is 0 Å². The zero-order valence-corrected chi connectivity index (χ0v) is 20.7. The van der Waals surface area contributed by atoms with Gasteiger partial charge in [-0.3, -0.25) is 19.5 Å². The number of nitrogens with zero attached hydrogens (tertiary/aromatic N) is 3. The third kappa shape index (κ3) is 6.59. The standard InChI is InChI=1S/C25H28Cl2N4O2/c1-16(2)13-30(24(33)17(3)4)15-23(32)29-25-28-22(18-8-10-19(26)11-9-18)14-31(25)21-7-5-6-20(27)12-21/h5-12,14,16-17H,13,15H2,1-4H3,(H,28,29,32). The fourth-order valence-electron chi connectivity index (χ4n) is 3.43. The van der Waals surface area contributed by atoms with E-state index in [1.54, 1.807) is 33.7 Å². The normalized spacial score (nSPS) is 11.2. The van der Waals surface area contributed by atoms with Gasteiger partial charge < -0.3 is 4.90 Å². The van der Waals surface area contributed by atoms with E-state index in [1.807, 2.05) is 58.2 Å². The van der Waals surface area contributed by atoms with Crippen molar-refractivity contribution in [1.29, 1.82) is 0 Å². The molecule has 0 aliphatic carbocycles. The van der Waals surface area contributed by atoms with Gasteiger partial charge >= 0.3 is 0 Å². The second kappa shape index (κ2) is 10.9. The number of carbonyl (C=O) groups excluding carboxylic acids is 2. The van der Waals surface area contributed by atoms with Crippen LogP contribution in [0.4, 0.5) is 5.95 Å². The molecule has 0 atom stereocenters. The summed E-state index contributed by atoms with van der Waals surface area (Å²) in [5, 5.41) is 4.07. The van der Waals surface area contributed by atoms with Crippen LogP contribution in [0, 0.1) is 11.8 Å². The highest BCUT2D eigenvalue weighted by Gasteiger charge is 2.22. The van der Waals surface area contributed by atoms with Crippen molar-refractivity contribution in [3.63, 3.8) is 0 Å². The number of nitrogens with one attached hydrogen (secondary N) is 1. The van der Waals surface area contributed by atoms with Crippen LogP contribution in [0.25, 0.3) is 16.9 Å². The van der Waals surface area contributed by atoms with Crippen LogP contribution in [0.2, 0.25) is 10.0 Å². The third-order valence-corrected chi connectivity index (χ3v) is 5.40. The lowest BCUT2D eigenvalue weighted by molar-refractivity contribution is -0.138. The third-order valence-electron chi connectivity index (χ3n) is 4.91. The van der Waals surface area contributed by atoms with Crippen molar-refractivity contribution in [2.45, 2.75) is 27.7 Å². The average Bonchev–Trinajstić information content (AvgIpc) is 3.16. The van der Waals surface area contributed by atoms with Crippen LogP contribution in [0.5, 0.6) is 0 Å². The maximum absolute atomic E-state index is 13.0. The smallest absolute Gasteiger partial charge is 0.246 e. The number of amides is 2. The van der Waals surface area contributed by atoms with E-state index < -0.39 is 0 Å². The Labute approximate surface area is 204 Å². The Morgan fingerprint density at radius 3 is 2.33 bits per heavy atom. The Morgan fingerprint density at radius 2 is 1.73 bits per heavy atom. The van der Waals surface area contributed by atoms with Crippen molar-refractivity contribution in [3.05, 3.63) is 64.8 Å². The van der Waals surface area contributed by atoms with E-state index >= 15 is 0 Å². The average molecular weight is 487 g/mol. The van der Waals surface area contributed by atoms with Gasteiger partial charge in [-0.05, 0) is 36.2 Å². The molecule has 8 heteroatoms. The van der Waals surface area contributed by atoms with Gasteiger partial charge in [0.2, 0.25) is 17.8 Å². The second-order valence-electron chi connectivity index (χ2n) is 8.62. The Hall–Kier alpha value is -2.83. The number of hydrogen-bond acceptors (Lipinski definition) is 3. The molecular formula is C25H28Cl2N4O2. The number of hydrogen-bond donors (Lipinski definition) is 1. The highest BCUT2D eigenvalue weighted by molar-refractivity contribution is 6.31. The van der Waals surface area contributed by atoms with Gasteiger partial charge in [0, 0.05) is 40.0 Å². The largest absolute Gasteiger partial charge is 0.333 e. The van der Waals surface area contributed by atoms with Crippen molar-refractivity contribution in [2.75, 3.05) is 18.4 Å². The first-order valence-corrected chi connectivity index (χ1v) is 11.6. The number of benzene rings is 2. The first-order valence-electron chi connectivity index (χ1n) is 10.8. The van der Waals surface area contributed by atoms with Crippen LogP contribution >= 0.6 is 23.2 Å². The van der Waals surface area contributed by atoms with Gasteiger partial charge in [0.25, 0.3) is 0 Å². The summed E-state index contributed by atoms with van der Waals surface area (Å²) >= 11 is 12.2. The molecule has 174 valence electrons. The lowest BCUT2D eigenvalue weighted by Gasteiger charge is -2.25. The SMILES string of the molecule is CC(C)CN(CC(=O)Nc1nc(-c2ccc(Cl)cc2)cn1-c1cccc(Cl)c1)C(=O)C(C)C. The summed E-state index contributed by atoms with van der Waals surface area (Å²) in [4.78, 5) is 31.8. The quantitative estimate of drug-likeness (QED) is 0.429. The number of carbonyl (C=O) groups is 2. The molecule has 1 aromatic heterocycles. The van der Waals surface area contributed by atoms with Gasteiger partial charge in [-0.25, -0.2) is 4.98 Å². The maximum atomic E-state index is 13.0. The van der Waals surface area contributed by atoms with E-state index in [2.05, 4.69) is 10.3 Å². The molecule has 0 unspecified atom stereocenters. The van der Waals surface area contributed by atoms with E-state index in [1.165, 1.54) is 0 Å². The number of rotatable bonds is 8. The Morgan fingerprint density at radius 1 is 1.03 bits per heavy atom. The number of halogens is 2. The lowest BCUT2D eigenvalue weighted by Crippen LogP contribution is -2.42. The number of aromatic nitrogens is 2. The molecule has 0 saturated carbocycles. The van der Waals surface area contributed by atoms with Crippen LogP contribution in [0.15, 0.2) is 54.7 Å². The monoisotopic (exact) mass is 486 g/mol. The number of imidazole rings is 1. The Kier molecular flexibility index (Phi) is 8.16. The minimum absolute atomic E-state index is 0.0477. The summed E-state index contributed by atoms with van der Waals surface area (Å²) < 4.78 is 1.77. The predicted molar refractivity (Wildman–Crippen MR) is 134 cm³/mol. The van der Waals surface area contributed by atoms with E-state index in [-0.39, 0.29) is 30.2 Å². The Balaban J connectivity index is 1.92. The molecule has 3 aromatic rings. The molecule has 33 heavy (non-hydrogen) atoms. The van der Waals surface area contributed by atoms with Crippen LogP contribution in [0.1, 0.15) is 27.7 Å². The van der Waals surface area contributed by atoms with E-state index in [9.17, 15) is 9.59 Å². The molecule has 0 spiro atoms. The first kappa shape index (κ1) is 24.8. The zero-order valence-electron chi connectivity index (χ0n) is 19.2. The molecule has 0 aliphatic heterocycles. The Bertz CT molecular complexity index is 1120. The maximum Gasteiger partial charge on any atom is 0.246 e. The van der Waals surface area contributed by atoms with Crippen LogP contribution in [-0.4, -0.2) is 39.4 Å². The molecule has 3 rings (SSSR count). The van der Waals surface area contributed by atoms with Gasteiger partial charge in [0.15, 0.2) is 0 Å². The van der Waals surface area contributed by atoms with Crippen molar-refractivity contribution >= 4 is 41.0 Å². The molecule has 0 radical (unpaired) electrons. The molecular weight excluding hydrogens is 459 g/mol. The fraction of sp³-hybridized carbons (Fsp3) is 0.320. The molecule has 0 aliphatic rings. The second-order valence-corrected chi connectivity index (χ2v) is 9.49. The summed E-state index contributed by atoms with van der Waals surface area (Å²) in [5.41, 5.74) is 2.27. The lowest BCUT2D eigenvalue weighted by atomic mass is 10.1. The van der Waals surface area contributed by atoms with Crippen molar-refractivity contribution in [1.82, 2.24) is 14.5 Å². The zero-order chi connectivity index (χ0) is 24.1. The molecule has 1 heterocycles. The van der Waals surface area contributed by atoms with Crippen molar-refractivity contribution in [3.8, 4) is 16.9 Å². The van der Waals surface area contributed by atoms with Gasteiger partial charge in [0.05, 0.1) is 12.2 Å². The molecule has 0 bridgehead atoms. The molecule has 0 saturated heterocycles. The molecule has 6 nitrogen and oxygen atoms in total. The van der Waals surface area contributed by atoms with Gasteiger partial charge in [-0.1, -0.05) is 69.1 Å². The predicted octanol–water partition coefficient (Wildman–Crippen LogP) is 5.93. The van der Waals surface area contributed by atoms with Crippen molar-refractivity contribution < 1.29 is 9.59 Å². The van der Waals surface area contributed by atoms with E-state index in [0.29, 0.717) is 28.2 Å². The molecule has 2 aromatic carbocycles. The first-order chi connectivity index (χ1) is 15.6. The van der Waals surface area contributed by atoms with Crippen LogP contribution in [0.3, 0.4) is 0 Å². The molecule has 2 amide bonds. The highest BCUT2D eigenvalue weighted by atomic mass is 35.5. The van der Waals surface area contributed by atoms with E-state index in [0.717, 1.165) is 11.3 Å². The van der Waals surface area contributed by atoms with E-state index in [4.69, 9.17) is 23.2 Å². The topological polar surface area (TPSA) is 67.2 Å². The summed E-state index contributed by atoms with van der Waals surface area (Å²) in [6.07, 6.45) is 1.83. The summed E-state index contributed by atoms with van der Waals surface area (Å²) in [5.74, 6) is 0.0146. The van der Waals surface area contributed by atoms with Gasteiger partial charge in [0.1, 0.15) is 0 Å². The van der Waals surface area contributed by atoms with Crippen molar-refractivity contribution in [2.24, 2.45) is 11.8 Å². The minimum atomic E-state index is -0.318. The van der Waals surface area contributed by atoms with Crippen LogP contribution in [-0.2, 0) is 9.59 Å². The summed E-state index contributed by atoms with van der Waals surface area (Å²) in [6.45, 7) is 8.15. The molecule has 0 fully saturated rings. The minimum Gasteiger partial charge on any atom is -0.333 e.